The minimum absolute atomic E-state index is 0.0497. The SMILES string of the molecule is COC(=O)C1(N)CCCN(C)C1C. The van der Waals surface area contributed by atoms with Gasteiger partial charge in [0.25, 0.3) is 0 Å². The van der Waals surface area contributed by atoms with Gasteiger partial charge in [-0.25, -0.2) is 0 Å². The average Bonchev–Trinajstić information content (AvgIpc) is 2.13. The van der Waals surface area contributed by atoms with E-state index < -0.39 is 5.54 Å². The Kier molecular flexibility index (Phi) is 2.93. The van der Waals surface area contributed by atoms with Crippen molar-refractivity contribution in [3.8, 4) is 0 Å². The van der Waals surface area contributed by atoms with Crippen LogP contribution in [0.3, 0.4) is 0 Å². The molecule has 4 nitrogen and oxygen atoms in total. The fraction of sp³-hybridized carbons (Fsp3) is 0.889. The first kappa shape index (κ1) is 10.5. The van der Waals surface area contributed by atoms with Gasteiger partial charge in [-0.15, -0.1) is 0 Å². The third-order valence-corrected chi connectivity index (χ3v) is 3.07. The highest BCUT2D eigenvalue weighted by Crippen LogP contribution is 2.25. The molecule has 76 valence electrons. The quantitative estimate of drug-likeness (QED) is 0.584. The van der Waals surface area contributed by atoms with Crippen LogP contribution in [0.15, 0.2) is 0 Å². The Morgan fingerprint density at radius 1 is 1.69 bits per heavy atom. The van der Waals surface area contributed by atoms with E-state index in [4.69, 9.17) is 10.5 Å². The van der Waals surface area contributed by atoms with Gasteiger partial charge >= 0.3 is 5.97 Å². The first-order chi connectivity index (χ1) is 6.02. The zero-order valence-corrected chi connectivity index (χ0v) is 8.54. The lowest BCUT2D eigenvalue weighted by Gasteiger charge is -2.42. The smallest absolute Gasteiger partial charge is 0.327 e. The molecule has 0 aromatic rings. The van der Waals surface area contributed by atoms with E-state index in [9.17, 15) is 4.79 Å². The zero-order valence-electron chi connectivity index (χ0n) is 8.54. The first-order valence-corrected chi connectivity index (χ1v) is 4.60. The Morgan fingerprint density at radius 2 is 2.31 bits per heavy atom. The molecule has 0 amide bonds. The van der Waals surface area contributed by atoms with Crippen LogP contribution in [0.2, 0.25) is 0 Å². The second-order valence-corrected chi connectivity index (χ2v) is 3.79. The van der Waals surface area contributed by atoms with Crippen LogP contribution in [0.25, 0.3) is 0 Å². The summed E-state index contributed by atoms with van der Waals surface area (Å²) in [5, 5.41) is 0. The maximum atomic E-state index is 11.5. The van der Waals surface area contributed by atoms with Crippen LogP contribution in [0.4, 0.5) is 0 Å². The van der Waals surface area contributed by atoms with Gasteiger partial charge < -0.3 is 15.4 Å². The number of rotatable bonds is 1. The predicted octanol–water partition coefficient (Wildman–Crippen LogP) is -0.0290. The number of nitrogens with two attached hydrogens (primary N) is 1. The predicted molar refractivity (Wildman–Crippen MR) is 50.3 cm³/mol. The van der Waals surface area contributed by atoms with Crippen LogP contribution in [-0.4, -0.2) is 43.2 Å². The monoisotopic (exact) mass is 186 g/mol. The van der Waals surface area contributed by atoms with Gasteiger partial charge in [0.2, 0.25) is 0 Å². The maximum Gasteiger partial charge on any atom is 0.327 e. The maximum absolute atomic E-state index is 11.5. The van der Waals surface area contributed by atoms with E-state index >= 15 is 0 Å². The van der Waals surface area contributed by atoms with E-state index in [2.05, 4.69) is 4.90 Å². The van der Waals surface area contributed by atoms with Crippen LogP contribution in [0.5, 0.6) is 0 Å². The molecule has 2 unspecified atom stereocenters. The van der Waals surface area contributed by atoms with Gasteiger partial charge in [0.15, 0.2) is 0 Å². The van der Waals surface area contributed by atoms with Gasteiger partial charge in [0.1, 0.15) is 5.54 Å². The van der Waals surface area contributed by atoms with Crippen molar-refractivity contribution in [3.05, 3.63) is 0 Å². The summed E-state index contributed by atoms with van der Waals surface area (Å²) in [6.07, 6.45) is 1.66. The molecule has 13 heavy (non-hydrogen) atoms. The summed E-state index contributed by atoms with van der Waals surface area (Å²) in [5.41, 5.74) is 5.21. The molecule has 1 saturated heterocycles. The van der Waals surface area contributed by atoms with Gasteiger partial charge in [-0.05, 0) is 33.4 Å². The normalized spacial score (nSPS) is 35.8. The van der Waals surface area contributed by atoms with Crippen molar-refractivity contribution in [3.63, 3.8) is 0 Å². The molecule has 2 atom stereocenters. The van der Waals surface area contributed by atoms with Crippen molar-refractivity contribution in [2.75, 3.05) is 20.7 Å². The highest BCUT2D eigenvalue weighted by molar-refractivity contribution is 5.81. The number of esters is 1. The third kappa shape index (κ3) is 1.69. The summed E-state index contributed by atoms with van der Waals surface area (Å²) in [5.74, 6) is -0.299. The number of hydrogen-bond donors (Lipinski definition) is 1. The van der Waals surface area contributed by atoms with E-state index in [1.54, 1.807) is 0 Å². The van der Waals surface area contributed by atoms with Gasteiger partial charge in [-0.2, -0.15) is 0 Å². The molecule has 1 aliphatic rings. The highest BCUT2D eigenvalue weighted by atomic mass is 16.5. The molecule has 0 radical (unpaired) electrons. The summed E-state index contributed by atoms with van der Waals surface area (Å²) in [6, 6.07) is 0.0497. The molecule has 1 rings (SSSR count). The van der Waals surface area contributed by atoms with Crippen LogP contribution in [0, 0.1) is 0 Å². The Morgan fingerprint density at radius 3 is 2.85 bits per heavy atom. The number of likely N-dealkylation sites (N-methyl/N-ethyl adjacent to an activating group) is 1. The molecular formula is C9H18N2O2. The molecule has 1 aliphatic heterocycles. The molecule has 0 aliphatic carbocycles. The lowest BCUT2D eigenvalue weighted by atomic mass is 9.83. The summed E-state index contributed by atoms with van der Waals surface area (Å²) in [7, 11) is 3.37. The van der Waals surface area contributed by atoms with Crippen molar-refractivity contribution >= 4 is 5.97 Å². The van der Waals surface area contributed by atoms with E-state index in [-0.39, 0.29) is 12.0 Å². The van der Waals surface area contributed by atoms with Crippen LogP contribution in [0.1, 0.15) is 19.8 Å². The van der Waals surface area contributed by atoms with Crippen molar-refractivity contribution in [1.29, 1.82) is 0 Å². The molecule has 2 N–H and O–H groups in total. The Bertz CT molecular complexity index is 208. The van der Waals surface area contributed by atoms with Gasteiger partial charge in [0, 0.05) is 6.04 Å². The highest BCUT2D eigenvalue weighted by Gasteiger charge is 2.44. The second-order valence-electron chi connectivity index (χ2n) is 3.79. The Hall–Kier alpha value is -0.610. The molecule has 0 aromatic carbocycles. The number of carbonyl (C=O) groups excluding carboxylic acids is 1. The largest absolute Gasteiger partial charge is 0.468 e. The Labute approximate surface area is 79.0 Å². The molecule has 1 fully saturated rings. The summed E-state index contributed by atoms with van der Waals surface area (Å²) in [4.78, 5) is 13.6. The number of hydrogen-bond acceptors (Lipinski definition) is 4. The van der Waals surface area contributed by atoms with Crippen molar-refractivity contribution in [2.45, 2.75) is 31.3 Å². The van der Waals surface area contributed by atoms with E-state index in [0.717, 1.165) is 13.0 Å². The van der Waals surface area contributed by atoms with E-state index in [1.807, 2.05) is 14.0 Å². The van der Waals surface area contributed by atoms with Gasteiger partial charge in [-0.1, -0.05) is 0 Å². The van der Waals surface area contributed by atoms with Crippen molar-refractivity contribution in [1.82, 2.24) is 4.90 Å². The average molecular weight is 186 g/mol. The molecule has 0 saturated carbocycles. The fourth-order valence-corrected chi connectivity index (χ4v) is 1.88. The van der Waals surface area contributed by atoms with E-state index in [0.29, 0.717) is 6.42 Å². The number of likely N-dealkylation sites (tertiary alicyclic amines) is 1. The molecule has 0 spiro atoms. The van der Waals surface area contributed by atoms with Crippen LogP contribution >= 0.6 is 0 Å². The second kappa shape index (κ2) is 3.64. The van der Waals surface area contributed by atoms with Crippen molar-refractivity contribution < 1.29 is 9.53 Å². The minimum Gasteiger partial charge on any atom is -0.468 e. The summed E-state index contributed by atoms with van der Waals surface area (Å²) < 4.78 is 4.72. The zero-order chi connectivity index (χ0) is 10.1. The molecule has 0 bridgehead atoms. The van der Waals surface area contributed by atoms with Gasteiger partial charge in [-0.3, -0.25) is 4.79 Å². The Balaban J connectivity index is 2.80. The standard InChI is InChI=1S/C9H18N2O2/c1-7-9(10,8(12)13-3)5-4-6-11(7)2/h7H,4-6,10H2,1-3H3. The lowest BCUT2D eigenvalue weighted by Crippen LogP contribution is -2.64. The fourth-order valence-electron chi connectivity index (χ4n) is 1.88. The van der Waals surface area contributed by atoms with Crippen LogP contribution < -0.4 is 5.73 Å². The van der Waals surface area contributed by atoms with Gasteiger partial charge in [0.05, 0.1) is 7.11 Å². The summed E-state index contributed by atoms with van der Waals surface area (Å²) >= 11 is 0. The van der Waals surface area contributed by atoms with Crippen LogP contribution in [-0.2, 0) is 9.53 Å². The summed E-state index contributed by atoms with van der Waals surface area (Å²) in [6.45, 7) is 2.97. The molecule has 4 heteroatoms. The lowest BCUT2D eigenvalue weighted by molar-refractivity contribution is -0.151. The number of ether oxygens (including phenoxy) is 1. The molecule has 0 aromatic heterocycles. The molecule has 1 heterocycles. The van der Waals surface area contributed by atoms with Crippen molar-refractivity contribution in [2.24, 2.45) is 5.73 Å². The number of carbonyl (C=O) groups is 1. The third-order valence-electron chi connectivity index (χ3n) is 3.07. The number of nitrogens with zero attached hydrogens (tertiary/aromatic N) is 1. The number of piperidine rings is 1. The number of methoxy groups -OCH3 is 1. The van der Waals surface area contributed by atoms with E-state index in [1.165, 1.54) is 7.11 Å². The topological polar surface area (TPSA) is 55.6 Å². The first-order valence-electron chi connectivity index (χ1n) is 4.60. The molecular weight excluding hydrogens is 168 g/mol. The minimum atomic E-state index is -0.818.